The summed E-state index contributed by atoms with van der Waals surface area (Å²) in [6.07, 6.45) is 5.31. The van der Waals surface area contributed by atoms with Crippen molar-refractivity contribution in [1.82, 2.24) is 9.97 Å². The van der Waals surface area contributed by atoms with Crippen LogP contribution in [0.4, 0.5) is 29.0 Å². The van der Waals surface area contributed by atoms with Crippen molar-refractivity contribution in [2.45, 2.75) is 45.1 Å². The summed E-state index contributed by atoms with van der Waals surface area (Å²) in [5.74, 6) is 0.960. The van der Waals surface area contributed by atoms with Crippen LogP contribution in [0.2, 0.25) is 0 Å². The van der Waals surface area contributed by atoms with Crippen LogP contribution >= 0.6 is 0 Å². The molecule has 1 aliphatic carbocycles. The molecule has 9 heteroatoms. The average Bonchev–Trinajstić information content (AvgIpc) is 2.64. The molecular formula is C18H24N6O3. The van der Waals surface area contributed by atoms with E-state index in [1.165, 1.54) is 6.42 Å². The molecule has 1 fully saturated rings. The monoisotopic (exact) mass is 372 g/mol. The fraction of sp³-hybridized carbons (Fsp3) is 0.444. The van der Waals surface area contributed by atoms with E-state index in [1.54, 1.807) is 0 Å². The first-order valence-corrected chi connectivity index (χ1v) is 9.15. The number of nitrogen functional groups attached to an aromatic ring is 1. The first-order valence-electron chi connectivity index (χ1n) is 9.15. The highest BCUT2D eigenvalue weighted by atomic mass is 16.6. The highest BCUT2D eigenvalue weighted by Gasteiger charge is 2.25. The molecule has 27 heavy (non-hydrogen) atoms. The van der Waals surface area contributed by atoms with Crippen LogP contribution < -0.4 is 21.1 Å². The third-order valence-electron chi connectivity index (χ3n) is 4.46. The van der Waals surface area contributed by atoms with Crippen molar-refractivity contribution in [3.05, 3.63) is 34.4 Å². The van der Waals surface area contributed by atoms with E-state index in [0.29, 0.717) is 6.61 Å². The molecule has 9 nitrogen and oxygen atoms in total. The SMILES string of the molecule is CCOc1ccc(Nc2nc(N)c([N+](=O)[O-])c(NC3CCCCC3)n2)cc1. The highest BCUT2D eigenvalue weighted by Crippen LogP contribution is 2.32. The van der Waals surface area contributed by atoms with E-state index < -0.39 is 4.92 Å². The largest absolute Gasteiger partial charge is 0.494 e. The molecule has 0 saturated heterocycles. The average molecular weight is 372 g/mol. The van der Waals surface area contributed by atoms with Crippen LogP contribution in [0.25, 0.3) is 0 Å². The summed E-state index contributed by atoms with van der Waals surface area (Å²) < 4.78 is 5.41. The molecule has 1 aromatic carbocycles. The quantitative estimate of drug-likeness (QED) is 0.494. The van der Waals surface area contributed by atoms with Crippen LogP contribution in [-0.4, -0.2) is 27.5 Å². The summed E-state index contributed by atoms with van der Waals surface area (Å²) in [7, 11) is 0. The fourth-order valence-electron chi connectivity index (χ4n) is 3.18. The van der Waals surface area contributed by atoms with Gasteiger partial charge in [-0.05, 0) is 44.0 Å². The second-order valence-electron chi connectivity index (χ2n) is 6.45. The number of nitro groups is 1. The molecule has 0 unspecified atom stereocenters. The molecule has 0 radical (unpaired) electrons. The molecule has 2 aromatic rings. The normalized spacial score (nSPS) is 14.6. The Kier molecular flexibility index (Phi) is 5.90. The van der Waals surface area contributed by atoms with Crippen LogP contribution in [0.15, 0.2) is 24.3 Å². The Morgan fingerprint density at radius 2 is 1.93 bits per heavy atom. The van der Waals surface area contributed by atoms with E-state index in [9.17, 15) is 10.1 Å². The van der Waals surface area contributed by atoms with Crippen molar-refractivity contribution in [2.24, 2.45) is 0 Å². The van der Waals surface area contributed by atoms with Gasteiger partial charge in [-0.25, -0.2) is 0 Å². The van der Waals surface area contributed by atoms with E-state index in [1.807, 2.05) is 31.2 Å². The molecular weight excluding hydrogens is 348 g/mol. The van der Waals surface area contributed by atoms with Crippen LogP contribution in [0.1, 0.15) is 39.0 Å². The van der Waals surface area contributed by atoms with E-state index in [2.05, 4.69) is 20.6 Å². The topological polar surface area (TPSA) is 128 Å². The Morgan fingerprint density at radius 1 is 1.22 bits per heavy atom. The van der Waals surface area contributed by atoms with E-state index >= 15 is 0 Å². The van der Waals surface area contributed by atoms with E-state index in [0.717, 1.165) is 37.1 Å². The Balaban J connectivity index is 1.83. The zero-order chi connectivity index (χ0) is 19.2. The van der Waals surface area contributed by atoms with Crippen LogP contribution in [0.5, 0.6) is 5.75 Å². The van der Waals surface area contributed by atoms with Crippen molar-refractivity contribution in [3.63, 3.8) is 0 Å². The van der Waals surface area contributed by atoms with Crippen molar-refractivity contribution in [3.8, 4) is 5.75 Å². The number of hydrogen-bond acceptors (Lipinski definition) is 8. The second-order valence-corrected chi connectivity index (χ2v) is 6.45. The molecule has 0 atom stereocenters. The summed E-state index contributed by atoms with van der Waals surface area (Å²) in [5.41, 5.74) is 6.30. The summed E-state index contributed by atoms with van der Waals surface area (Å²) in [6.45, 7) is 2.51. The molecule has 144 valence electrons. The van der Waals surface area contributed by atoms with Crippen molar-refractivity contribution in [2.75, 3.05) is 23.0 Å². The lowest BCUT2D eigenvalue weighted by atomic mass is 9.95. The van der Waals surface area contributed by atoms with Crippen LogP contribution in [0.3, 0.4) is 0 Å². The molecule has 0 spiro atoms. The first-order chi connectivity index (χ1) is 13.1. The maximum Gasteiger partial charge on any atom is 0.353 e. The number of aromatic nitrogens is 2. The minimum atomic E-state index is -0.541. The van der Waals surface area contributed by atoms with Gasteiger partial charge in [0.2, 0.25) is 17.6 Å². The minimum absolute atomic E-state index is 0.157. The van der Waals surface area contributed by atoms with Gasteiger partial charge in [0.25, 0.3) is 0 Å². The van der Waals surface area contributed by atoms with Gasteiger partial charge in [-0.1, -0.05) is 19.3 Å². The number of nitrogens with two attached hydrogens (primary N) is 1. The molecule has 1 saturated carbocycles. The predicted molar refractivity (Wildman–Crippen MR) is 104 cm³/mol. The van der Waals surface area contributed by atoms with Gasteiger partial charge in [0.15, 0.2) is 0 Å². The van der Waals surface area contributed by atoms with Crippen LogP contribution in [0, 0.1) is 10.1 Å². The number of anilines is 4. The van der Waals surface area contributed by atoms with Crippen molar-refractivity contribution < 1.29 is 9.66 Å². The molecule has 3 rings (SSSR count). The smallest absolute Gasteiger partial charge is 0.353 e. The molecule has 0 amide bonds. The Bertz CT molecular complexity index is 790. The van der Waals surface area contributed by atoms with E-state index in [4.69, 9.17) is 10.5 Å². The van der Waals surface area contributed by atoms with Gasteiger partial charge in [-0.2, -0.15) is 9.97 Å². The second kappa shape index (κ2) is 8.52. The number of nitrogens with zero attached hydrogens (tertiary/aromatic N) is 3. The number of hydrogen-bond donors (Lipinski definition) is 3. The number of benzene rings is 1. The first kappa shape index (κ1) is 18.7. The molecule has 4 N–H and O–H groups in total. The summed E-state index contributed by atoms with van der Waals surface area (Å²) in [5, 5.41) is 17.7. The third-order valence-corrected chi connectivity index (χ3v) is 4.46. The molecule has 1 aromatic heterocycles. The van der Waals surface area contributed by atoms with E-state index in [-0.39, 0.29) is 29.3 Å². The number of rotatable bonds is 7. The zero-order valence-corrected chi connectivity index (χ0v) is 15.3. The number of ether oxygens (including phenoxy) is 1. The van der Waals surface area contributed by atoms with Gasteiger partial charge in [0.05, 0.1) is 11.5 Å². The summed E-state index contributed by atoms with van der Waals surface area (Å²) >= 11 is 0. The summed E-state index contributed by atoms with van der Waals surface area (Å²) in [4.78, 5) is 19.2. The lowest BCUT2D eigenvalue weighted by Crippen LogP contribution is -2.24. The lowest BCUT2D eigenvalue weighted by Gasteiger charge is -2.23. The highest BCUT2D eigenvalue weighted by molar-refractivity contribution is 5.71. The van der Waals surface area contributed by atoms with Gasteiger partial charge < -0.3 is 21.1 Å². The number of nitrogens with one attached hydrogen (secondary N) is 2. The van der Waals surface area contributed by atoms with Gasteiger partial charge in [0, 0.05) is 11.7 Å². The minimum Gasteiger partial charge on any atom is -0.494 e. The Hall–Kier alpha value is -3.10. The summed E-state index contributed by atoms with van der Waals surface area (Å²) in [6, 6.07) is 7.44. The van der Waals surface area contributed by atoms with Gasteiger partial charge >= 0.3 is 5.69 Å². The molecule has 0 aliphatic heterocycles. The van der Waals surface area contributed by atoms with Gasteiger partial charge in [0.1, 0.15) is 5.75 Å². The molecule has 1 heterocycles. The Morgan fingerprint density at radius 3 is 2.56 bits per heavy atom. The zero-order valence-electron chi connectivity index (χ0n) is 15.3. The Labute approximate surface area is 157 Å². The van der Waals surface area contributed by atoms with Gasteiger partial charge in [-0.15, -0.1) is 0 Å². The molecule has 1 aliphatic rings. The molecule has 0 bridgehead atoms. The third kappa shape index (κ3) is 4.75. The van der Waals surface area contributed by atoms with Crippen LogP contribution in [-0.2, 0) is 0 Å². The van der Waals surface area contributed by atoms with Gasteiger partial charge in [-0.3, -0.25) is 10.1 Å². The lowest BCUT2D eigenvalue weighted by molar-refractivity contribution is -0.383. The maximum absolute atomic E-state index is 11.4. The van der Waals surface area contributed by atoms with Crippen molar-refractivity contribution in [1.29, 1.82) is 0 Å². The maximum atomic E-state index is 11.4. The van der Waals surface area contributed by atoms with Crippen molar-refractivity contribution >= 4 is 29.0 Å². The predicted octanol–water partition coefficient (Wildman–Crippen LogP) is 3.85. The standard InChI is InChI=1S/C18H24N6O3/c1-2-27-14-10-8-13(9-11-14)21-18-22-16(19)15(24(25)26)17(23-18)20-12-6-4-3-5-7-12/h8-12H,2-7H2,1H3,(H4,19,20,21,22,23). The fourth-order valence-corrected chi connectivity index (χ4v) is 3.18.